The quantitative estimate of drug-likeness (QED) is 0.924. The Morgan fingerprint density at radius 3 is 3.19 bits per heavy atom. The van der Waals surface area contributed by atoms with Gasteiger partial charge in [-0.25, -0.2) is 0 Å². The van der Waals surface area contributed by atoms with Crippen LogP contribution in [0.1, 0.15) is 25.7 Å². The van der Waals surface area contributed by atoms with Crippen LogP contribution in [0.5, 0.6) is 0 Å². The van der Waals surface area contributed by atoms with Crippen LogP contribution in [0.25, 0.3) is 0 Å². The van der Waals surface area contributed by atoms with Crippen molar-refractivity contribution in [2.75, 3.05) is 18.0 Å². The lowest BCUT2D eigenvalue weighted by Crippen LogP contribution is -2.29. The number of nitrogens with zero attached hydrogens (tertiary/aromatic N) is 2. The van der Waals surface area contributed by atoms with Crippen LogP contribution in [-0.4, -0.2) is 24.1 Å². The van der Waals surface area contributed by atoms with Crippen molar-refractivity contribution >= 4 is 21.6 Å². The van der Waals surface area contributed by atoms with Crippen LogP contribution in [-0.2, 0) is 0 Å². The highest BCUT2D eigenvalue weighted by Gasteiger charge is 2.25. The summed E-state index contributed by atoms with van der Waals surface area (Å²) in [6, 6.07) is 2.74. The Labute approximate surface area is 105 Å². The van der Waals surface area contributed by atoms with Crippen molar-refractivity contribution in [3.05, 3.63) is 22.9 Å². The van der Waals surface area contributed by atoms with E-state index >= 15 is 0 Å². The van der Waals surface area contributed by atoms with Crippen LogP contribution >= 0.6 is 15.9 Å². The summed E-state index contributed by atoms with van der Waals surface area (Å²) in [6.07, 6.45) is 8.61. The molecule has 88 valence electrons. The lowest BCUT2D eigenvalue weighted by molar-refractivity contribution is 0.585. The number of pyridine rings is 1. The van der Waals surface area contributed by atoms with Gasteiger partial charge in [0, 0.05) is 25.0 Å². The third-order valence-electron chi connectivity index (χ3n) is 3.18. The highest BCUT2D eigenvalue weighted by molar-refractivity contribution is 9.10. The topological polar surface area (TPSA) is 42.1 Å². The van der Waals surface area contributed by atoms with Gasteiger partial charge < -0.3 is 10.6 Å². The third-order valence-corrected chi connectivity index (χ3v) is 3.79. The molecule has 2 N–H and O–H groups in total. The number of halogens is 1. The van der Waals surface area contributed by atoms with E-state index in [1.807, 2.05) is 12.4 Å². The number of hydrogen-bond donors (Lipinski definition) is 1. The fraction of sp³-hybridized carbons (Fsp3) is 0.583. The van der Waals surface area contributed by atoms with Gasteiger partial charge in [-0.2, -0.15) is 0 Å². The molecule has 0 amide bonds. The lowest BCUT2D eigenvalue weighted by atomic mass is 10.1. The van der Waals surface area contributed by atoms with E-state index in [0.29, 0.717) is 6.04 Å². The molecule has 1 aromatic heterocycles. The summed E-state index contributed by atoms with van der Waals surface area (Å²) >= 11 is 3.57. The highest BCUT2D eigenvalue weighted by Crippen LogP contribution is 2.32. The number of rotatable bonds is 4. The molecule has 0 bridgehead atoms. The van der Waals surface area contributed by atoms with E-state index in [-0.39, 0.29) is 0 Å². The van der Waals surface area contributed by atoms with E-state index in [4.69, 9.17) is 5.73 Å². The molecule has 0 radical (unpaired) electrons. The number of nitrogens with two attached hydrogens (primary N) is 1. The smallest absolute Gasteiger partial charge is 0.0592 e. The van der Waals surface area contributed by atoms with Gasteiger partial charge in [0.2, 0.25) is 0 Å². The van der Waals surface area contributed by atoms with Crippen LogP contribution < -0.4 is 10.6 Å². The molecule has 1 saturated heterocycles. The minimum absolute atomic E-state index is 0.655. The zero-order valence-corrected chi connectivity index (χ0v) is 11.0. The molecule has 2 heterocycles. The SMILES string of the molecule is NCCCC1CCCN1c1ccncc1Br. The van der Waals surface area contributed by atoms with Gasteiger partial charge in [-0.15, -0.1) is 0 Å². The molecular formula is C12H18BrN3. The highest BCUT2D eigenvalue weighted by atomic mass is 79.9. The maximum Gasteiger partial charge on any atom is 0.0592 e. The molecule has 2 rings (SSSR count). The second-order valence-electron chi connectivity index (χ2n) is 4.25. The number of anilines is 1. The third kappa shape index (κ3) is 2.55. The average molecular weight is 284 g/mol. The fourth-order valence-corrected chi connectivity index (χ4v) is 2.89. The van der Waals surface area contributed by atoms with Gasteiger partial charge in [-0.1, -0.05) is 0 Å². The van der Waals surface area contributed by atoms with Gasteiger partial charge in [0.15, 0.2) is 0 Å². The van der Waals surface area contributed by atoms with Crippen LogP contribution in [0.3, 0.4) is 0 Å². The molecule has 1 atom stereocenters. The van der Waals surface area contributed by atoms with Crippen molar-refractivity contribution in [2.45, 2.75) is 31.7 Å². The fourth-order valence-electron chi connectivity index (χ4n) is 2.41. The lowest BCUT2D eigenvalue weighted by Gasteiger charge is -2.27. The van der Waals surface area contributed by atoms with Crippen LogP contribution in [0.15, 0.2) is 22.9 Å². The van der Waals surface area contributed by atoms with E-state index in [9.17, 15) is 0 Å². The zero-order chi connectivity index (χ0) is 11.4. The molecule has 1 fully saturated rings. The minimum Gasteiger partial charge on any atom is -0.368 e. The normalized spacial score (nSPS) is 20.4. The zero-order valence-electron chi connectivity index (χ0n) is 9.40. The van der Waals surface area contributed by atoms with Crippen LogP contribution in [0, 0.1) is 0 Å². The summed E-state index contributed by atoms with van der Waals surface area (Å²) < 4.78 is 1.09. The van der Waals surface area contributed by atoms with Crippen LogP contribution in [0.4, 0.5) is 5.69 Å². The molecule has 3 nitrogen and oxygen atoms in total. The first-order valence-electron chi connectivity index (χ1n) is 5.89. The second-order valence-corrected chi connectivity index (χ2v) is 5.10. The molecule has 4 heteroatoms. The number of hydrogen-bond acceptors (Lipinski definition) is 3. The van der Waals surface area contributed by atoms with Crippen molar-refractivity contribution in [1.82, 2.24) is 4.98 Å². The monoisotopic (exact) mass is 283 g/mol. The molecule has 0 aromatic carbocycles. The van der Waals surface area contributed by atoms with Crippen molar-refractivity contribution in [1.29, 1.82) is 0 Å². The van der Waals surface area contributed by atoms with Gasteiger partial charge in [0.1, 0.15) is 0 Å². The molecule has 1 aliphatic rings. The van der Waals surface area contributed by atoms with Crippen molar-refractivity contribution in [2.24, 2.45) is 5.73 Å². The molecule has 0 saturated carbocycles. The first-order chi connectivity index (χ1) is 7.83. The Balaban J connectivity index is 2.10. The molecule has 1 aliphatic heterocycles. The summed E-state index contributed by atoms with van der Waals surface area (Å²) in [5.74, 6) is 0. The molecule has 1 unspecified atom stereocenters. The van der Waals surface area contributed by atoms with E-state index in [2.05, 4.69) is 31.9 Å². The maximum absolute atomic E-state index is 5.58. The first-order valence-corrected chi connectivity index (χ1v) is 6.68. The second kappa shape index (κ2) is 5.64. The van der Waals surface area contributed by atoms with Crippen molar-refractivity contribution < 1.29 is 0 Å². The molecule has 0 spiro atoms. The Kier molecular flexibility index (Phi) is 4.18. The standard InChI is InChI=1S/C12H18BrN3/c13-11-9-15-7-5-12(11)16-8-2-4-10(16)3-1-6-14/h5,7,9-10H,1-4,6,8,14H2. The molecule has 0 aliphatic carbocycles. The Bertz CT molecular complexity index is 343. The van der Waals surface area contributed by atoms with E-state index in [1.165, 1.54) is 24.9 Å². The molecule has 16 heavy (non-hydrogen) atoms. The Morgan fingerprint density at radius 1 is 1.56 bits per heavy atom. The molecule has 1 aromatic rings. The number of aromatic nitrogens is 1. The summed E-state index contributed by atoms with van der Waals surface area (Å²) in [4.78, 5) is 6.60. The summed E-state index contributed by atoms with van der Waals surface area (Å²) in [5.41, 5.74) is 6.86. The van der Waals surface area contributed by atoms with Gasteiger partial charge in [0.05, 0.1) is 10.2 Å². The van der Waals surface area contributed by atoms with E-state index in [0.717, 1.165) is 24.0 Å². The van der Waals surface area contributed by atoms with Gasteiger partial charge in [0.25, 0.3) is 0 Å². The van der Waals surface area contributed by atoms with E-state index in [1.54, 1.807) is 0 Å². The van der Waals surface area contributed by atoms with Gasteiger partial charge in [-0.05, 0) is 54.2 Å². The summed E-state index contributed by atoms with van der Waals surface area (Å²) in [6.45, 7) is 1.94. The average Bonchev–Trinajstić information content (AvgIpc) is 2.75. The Morgan fingerprint density at radius 2 is 2.44 bits per heavy atom. The molecular weight excluding hydrogens is 266 g/mol. The summed E-state index contributed by atoms with van der Waals surface area (Å²) in [5, 5.41) is 0. The predicted octanol–water partition coefficient (Wildman–Crippen LogP) is 2.55. The van der Waals surface area contributed by atoms with Gasteiger partial charge >= 0.3 is 0 Å². The Hall–Kier alpha value is -0.610. The maximum atomic E-state index is 5.58. The minimum atomic E-state index is 0.655. The predicted molar refractivity (Wildman–Crippen MR) is 70.6 cm³/mol. The largest absolute Gasteiger partial charge is 0.368 e. The van der Waals surface area contributed by atoms with Crippen LogP contribution in [0.2, 0.25) is 0 Å². The summed E-state index contributed by atoms with van der Waals surface area (Å²) in [7, 11) is 0. The first kappa shape index (κ1) is 11.9. The van der Waals surface area contributed by atoms with E-state index < -0.39 is 0 Å². The van der Waals surface area contributed by atoms with Crippen molar-refractivity contribution in [3.63, 3.8) is 0 Å². The van der Waals surface area contributed by atoms with Crippen molar-refractivity contribution in [3.8, 4) is 0 Å². The van der Waals surface area contributed by atoms with Gasteiger partial charge in [-0.3, -0.25) is 4.98 Å².